The third-order valence-electron chi connectivity index (χ3n) is 3.85. The molecule has 2 amide bonds. The highest BCUT2D eigenvalue weighted by Gasteiger charge is 2.44. The van der Waals surface area contributed by atoms with E-state index in [0.717, 1.165) is 16.5 Å². The van der Waals surface area contributed by atoms with Gasteiger partial charge < -0.3 is 15.7 Å². The first-order chi connectivity index (χ1) is 9.84. The SMILES string of the molecule is Cc1cc(Br)c(NC(=O)NCC2(C(=O)O)CCC2)cc1Cl. The van der Waals surface area contributed by atoms with Gasteiger partial charge in [-0.3, -0.25) is 4.79 Å². The van der Waals surface area contributed by atoms with Gasteiger partial charge in [0.2, 0.25) is 0 Å². The van der Waals surface area contributed by atoms with Crippen molar-refractivity contribution in [3.8, 4) is 0 Å². The molecule has 5 nitrogen and oxygen atoms in total. The number of aryl methyl sites for hydroxylation is 1. The van der Waals surface area contributed by atoms with E-state index in [0.29, 0.717) is 23.6 Å². The van der Waals surface area contributed by atoms with Crippen LogP contribution in [-0.2, 0) is 4.79 Å². The van der Waals surface area contributed by atoms with Crippen LogP contribution < -0.4 is 10.6 Å². The number of amides is 2. The lowest BCUT2D eigenvalue weighted by atomic mass is 9.69. The highest BCUT2D eigenvalue weighted by Crippen LogP contribution is 2.40. The molecule has 0 aliphatic heterocycles. The maximum absolute atomic E-state index is 11.9. The molecule has 1 aromatic carbocycles. The number of carbonyl (C=O) groups is 2. The van der Waals surface area contributed by atoms with Gasteiger partial charge in [0.25, 0.3) is 0 Å². The van der Waals surface area contributed by atoms with Crippen LogP contribution in [0.3, 0.4) is 0 Å². The molecule has 7 heteroatoms. The van der Waals surface area contributed by atoms with Gasteiger partial charge in [-0.15, -0.1) is 0 Å². The van der Waals surface area contributed by atoms with Crippen LogP contribution in [0, 0.1) is 12.3 Å². The monoisotopic (exact) mass is 374 g/mol. The summed E-state index contributed by atoms with van der Waals surface area (Å²) >= 11 is 9.37. The number of aliphatic carboxylic acids is 1. The maximum Gasteiger partial charge on any atom is 0.319 e. The molecule has 1 saturated carbocycles. The summed E-state index contributed by atoms with van der Waals surface area (Å²) in [6, 6.07) is 3.02. The molecule has 0 unspecified atom stereocenters. The van der Waals surface area contributed by atoms with Gasteiger partial charge in [-0.1, -0.05) is 18.0 Å². The summed E-state index contributed by atoms with van der Waals surface area (Å²) in [7, 11) is 0. The van der Waals surface area contributed by atoms with Crippen molar-refractivity contribution in [2.75, 3.05) is 11.9 Å². The van der Waals surface area contributed by atoms with Crippen LogP contribution in [0.15, 0.2) is 16.6 Å². The van der Waals surface area contributed by atoms with Crippen LogP contribution in [0.2, 0.25) is 5.02 Å². The maximum atomic E-state index is 11.9. The van der Waals surface area contributed by atoms with Crippen LogP contribution in [0.1, 0.15) is 24.8 Å². The number of hydrogen-bond acceptors (Lipinski definition) is 2. The molecule has 21 heavy (non-hydrogen) atoms. The number of nitrogens with one attached hydrogen (secondary N) is 2. The van der Waals surface area contributed by atoms with Crippen molar-refractivity contribution < 1.29 is 14.7 Å². The minimum absolute atomic E-state index is 0.130. The Kier molecular flexibility index (Phi) is 4.78. The van der Waals surface area contributed by atoms with E-state index >= 15 is 0 Å². The molecule has 1 aliphatic carbocycles. The molecule has 0 aromatic heterocycles. The number of rotatable bonds is 4. The third-order valence-corrected chi connectivity index (χ3v) is 4.91. The zero-order valence-electron chi connectivity index (χ0n) is 11.5. The van der Waals surface area contributed by atoms with Crippen molar-refractivity contribution in [3.63, 3.8) is 0 Å². The smallest absolute Gasteiger partial charge is 0.319 e. The summed E-state index contributed by atoms with van der Waals surface area (Å²) in [6.45, 7) is 2.00. The van der Waals surface area contributed by atoms with Gasteiger partial charge in [0.05, 0.1) is 11.1 Å². The number of benzene rings is 1. The molecular weight excluding hydrogens is 360 g/mol. The van der Waals surface area contributed by atoms with Crippen LogP contribution in [0.25, 0.3) is 0 Å². The van der Waals surface area contributed by atoms with Gasteiger partial charge in [0.15, 0.2) is 0 Å². The number of halogens is 2. The fourth-order valence-electron chi connectivity index (χ4n) is 2.23. The van der Waals surface area contributed by atoms with E-state index in [2.05, 4.69) is 26.6 Å². The first kappa shape index (κ1) is 16.1. The molecule has 0 saturated heterocycles. The third kappa shape index (κ3) is 3.49. The van der Waals surface area contributed by atoms with Crippen LogP contribution in [0.4, 0.5) is 10.5 Å². The van der Waals surface area contributed by atoms with Crippen LogP contribution >= 0.6 is 27.5 Å². The Labute approximate surface area is 136 Å². The van der Waals surface area contributed by atoms with Gasteiger partial charge in [0, 0.05) is 16.0 Å². The predicted molar refractivity (Wildman–Crippen MR) is 84.8 cm³/mol. The van der Waals surface area contributed by atoms with Gasteiger partial charge in [-0.05, 0) is 53.4 Å². The molecule has 0 radical (unpaired) electrons. The van der Waals surface area contributed by atoms with Gasteiger partial charge in [0.1, 0.15) is 0 Å². The van der Waals surface area contributed by atoms with Crippen molar-refractivity contribution in [1.82, 2.24) is 5.32 Å². The van der Waals surface area contributed by atoms with Crippen molar-refractivity contribution in [3.05, 3.63) is 27.2 Å². The average Bonchev–Trinajstić information content (AvgIpc) is 2.34. The van der Waals surface area contributed by atoms with E-state index in [9.17, 15) is 14.7 Å². The highest BCUT2D eigenvalue weighted by molar-refractivity contribution is 9.10. The summed E-state index contributed by atoms with van der Waals surface area (Å²) in [5.41, 5.74) is 0.634. The van der Waals surface area contributed by atoms with Crippen molar-refractivity contribution >= 4 is 45.2 Å². The number of carbonyl (C=O) groups excluding carboxylic acids is 1. The molecule has 3 N–H and O–H groups in total. The fraction of sp³-hybridized carbons (Fsp3) is 0.429. The molecular formula is C14H16BrClN2O3. The predicted octanol–water partition coefficient (Wildman–Crippen LogP) is 3.79. The summed E-state index contributed by atoms with van der Waals surface area (Å²) in [6.07, 6.45) is 2.08. The molecule has 0 spiro atoms. The number of urea groups is 1. The molecule has 2 rings (SSSR count). The number of hydrogen-bond donors (Lipinski definition) is 3. The Balaban J connectivity index is 1.96. The van der Waals surface area contributed by atoms with E-state index in [1.165, 1.54) is 0 Å². The van der Waals surface area contributed by atoms with Crippen molar-refractivity contribution in [2.45, 2.75) is 26.2 Å². The number of carboxylic acids is 1. The Hall–Kier alpha value is -1.27. The first-order valence-electron chi connectivity index (χ1n) is 6.58. The quantitative estimate of drug-likeness (QED) is 0.749. The molecule has 1 fully saturated rings. The Morgan fingerprint density at radius 2 is 2.10 bits per heavy atom. The van der Waals surface area contributed by atoms with Crippen molar-refractivity contribution in [2.24, 2.45) is 5.41 Å². The Morgan fingerprint density at radius 3 is 2.62 bits per heavy atom. The van der Waals surface area contributed by atoms with Crippen LogP contribution in [0.5, 0.6) is 0 Å². The summed E-state index contributed by atoms with van der Waals surface area (Å²) in [4.78, 5) is 23.1. The number of carboxylic acid groups (broad SMARTS) is 1. The summed E-state index contributed by atoms with van der Waals surface area (Å²) < 4.78 is 0.719. The molecule has 0 bridgehead atoms. The van der Waals surface area contributed by atoms with E-state index in [1.807, 2.05) is 13.0 Å². The lowest BCUT2D eigenvalue weighted by Crippen LogP contribution is -2.48. The second-order valence-electron chi connectivity index (χ2n) is 5.33. The minimum Gasteiger partial charge on any atom is -0.481 e. The topological polar surface area (TPSA) is 78.4 Å². The normalized spacial score (nSPS) is 16.0. The zero-order chi connectivity index (χ0) is 15.6. The fourth-order valence-corrected chi connectivity index (χ4v) is 2.95. The summed E-state index contributed by atoms with van der Waals surface area (Å²) in [5.74, 6) is -0.853. The molecule has 0 atom stereocenters. The lowest BCUT2D eigenvalue weighted by molar-refractivity contribution is -0.153. The largest absolute Gasteiger partial charge is 0.481 e. The van der Waals surface area contributed by atoms with Gasteiger partial charge in [-0.2, -0.15) is 0 Å². The Bertz CT molecular complexity index is 588. The highest BCUT2D eigenvalue weighted by atomic mass is 79.9. The lowest BCUT2D eigenvalue weighted by Gasteiger charge is -2.37. The second-order valence-corrected chi connectivity index (χ2v) is 6.59. The van der Waals surface area contributed by atoms with Gasteiger partial charge >= 0.3 is 12.0 Å². The standard InChI is InChI=1S/C14H16BrClN2O3/c1-8-5-9(15)11(6-10(8)16)18-13(21)17-7-14(12(19)20)3-2-4-14/h5-6H,2-4,7H2,1H3,(H,19,20)(H2,17,18,21). The first-order valence-corrected chi connectivity index (χ1v) is 7.75. The van der Waals surface area contributed by atoms with Crippen LogP contribution in [-0.4, -0.2) is 23.7 Å². The van der Waals surface area contributed by atoms with E-state index < -0.39 is 17.4 Å². The molecule has 1 aliphatic rings. The molecule has 0 heterocycles. The minimum atomic E-state index is -0.853. The molecule has 114 valence electrons. The number of anilines is 1. The average molecular weight is 376 g/mol. The van der Waals surface area contributed by atoms with Gasteiger partial charge in [-0.25, -0.2) is 4.79 Å². The zero-order valence-corrected chi connectivity index (χ0v) is 13.8. The van der Waals surface area contributed by atoms with Crippen molar-refractivity contribution in [1.29, 1.82) is 0 Å². The van der Waals surface area contributed by atoms with E-state index in [1.54, 1.807) is 6.07 Å². The van der Waals surface area contributed by atoms with E-state index in [-0.39, 0.29) is 6.54 Å². The Morgan fingerprint density at radius 1 is 1.43 bits per heavy atom. The van der Waals surface area contributed by atoms with E-state index in [4.69, 9.17) is 11.6 Å². The summed E-state index contributed by atoms with van der Waals surface area (Å²) in [5, 5.41) is 15.0. The second kappa shape index (κ2) is 6.23. The molecule has 1 aromatic rings.